The van der Waals surface area contributed by atoms with Crippen molar-refractivity contribution in [2.45, 2.75) is 0 Å². The molecular formula is C12H16N2O4. The highest BCUT2D eigenvalue weighted by Crippen LogP contribution is 2.13. The summed E-state index contributed by atoms with van der Waals surface area (Å²) in [5.41, 5.74) is 5.22. The maximum absolute atomic E-state index is 10.7. The second-order valence-electron chi connectivity index (χ2n) is 3.89. The fraction of sp³-hybridized carbons (Fsp3) is 0.333. The zero-order chi connectivity index (χ0) is 13.5. The standard InChI is InChI=1S/C12H16N2O4/c1-14(8-11(13)15)5-6-18-10-4-2-3-9(7-10)12(16)17/h2-4,7H,5-6,8H2,1H3,(H2,13,15)(H,16,17). The van der Waals surface area contributed by atoms with Crippen LogP contribution >= 0.6 is 0 Å². The number of nitrogens with two attached hydrogens (primary N) is 1. The van der Waals surface area contributed by atoms with E-state index >= 15 is 0 Å². The number of hydrogen-bond acceptors (Lipinski definition) is 4. The van der Waals surface area contributed by atoms with Gasteiger partial charge in [0.1, 0.15) is 12.4 Å². The van der Waals surface area contributed by atoms with E-state index in [2.05, 4.69) is 0 Å². The summed E-state index contributed by atoms with van der Waals surface area (Å²) in [5.74, 6) is -0.904. The first kappa shape index (κ1) is 14.0. The second-order valence-corrected chi connectivity index (χ2v) is 3.89. The minimum atomic E-state index is -0.994. The lowest BCUT2D eigenvalue weighted by atomic mass is 10.2. The van der Waals surface area contributed by atoms with Crippen molar-refractivity contribution < 1.29 is 19.4 Å². The Labute approximate surface area is 105 Å². The third kappa shape index (κ3) is 4.84. The number of rotatable bonds is 7. The average molecular weight is 252 g/mol. The topological polar surface area (TPSA) is 92.9 Å². The molecular weight excluding hydrogens is 236 g/mol. The van der Waals surface area contributed by atoms with E-state index in [1.807, 2.05) is 0 Å². The zero-order valence-corrected chi connectivity index (χ0v) is 10.1. The number of ether oxygens (including phenoxy) is 1. The molecule has 6 heteroatoms. The predicted molar refractivity (Wildman–Crippen MR) is 65.6 cm³/mol. The Hall–Kier alpha value is -2.08. The SMILES string of the molecule is CN(CCOc1cccc(C(=O)O)c1)CC(N)=O. The molecule has 6 nitrogen and oxygen atoms in total. The number of hydrogen-bond donors (Lipinski definition) is 2. The third-order valence-corrected chi connectivity index (χ3v) is 2.25. The summed E-state index contributed by atoms with van der Waals surface area (Å²) in [7, 11) is 1.75. The lowest BCUT2D eigenvalue weighted by Gasteiger charge is -2.14. The number of primary amides is 1. The molecule has 0 aliphatic rings. The van der Waals surface area contributed by atoms with Crippen molar-refractivity contribution >= 4 is 11.9 Å². The Morgan fingerprint density at radius 3 is 2.78 bits per heavy atom. The van der Waals surface area contributed by atoms with E-state index in [9.17, 15) is 9.59 Å². The predicted octanol–water partition coefficient (Wildman–Crippen LogP) is 0.181. The lowest BCUT2D eigenvalue weighted by molar-refractivity contribution is -0.118. The van der Waals surface area contributed by atoms with Crippen LogP contribution in [0.25, 0.3) is 0 Å². The Bertz CT molecular complexity index is 434. The van der Waals surface area contributed by atoms with Crippen molar-refractivity contribution in [2.24, 2.45) is 5.73 Å². The molecule has 0 spiro atoms. The molecule has 0 aromatic heterocycles. The highest BCUT2D eigenvalue weighted by molar-refractivity contribution is 5.88. The normalized spacial score (nSPS) is 10.3. The van der Waals surface area contributed by atoms with Crippen LogP contribution in [0, 0.1) is 0 Å². The van der Waals surface area contributed by atoms with Gasteiger partial charge in [-0.05, 0) is 25.2 Å². The van der Waals surface area contributed by atoms with Gasteiger partial charge in [0, 0.05) is 6.54 Å². The van der Waals surface area contributed by atoms with Crippen molar-refractivity contribution in [2.75, 3.05) is 26.7 Å². The van der Waals surface area contributed by atoms with Crippen molar-refractivity contribution in [1.82, 2.24) is 4.90 Å². The zero-order valence-electron chi connectivity index (χ0n) is 10.1. The maximum Gasteiger partial charge on any atom is 0.335 e. The summed E-state index contributed by atoms with van der Waals surface area (Å²) in [4.78, 5) is 23.1. The molecule has 1 amide bonds. The van der Waals surface area contributed by atoms with E-state index in [1.54, 1.807) is 24.1 Å². The quantitative estimate of drug-likeness (QED) is 0.722. The van der Waals surface area contributed by atoms with Crippen LogP contribution < -0.4 is 10.5 Å². The highest BCUT2D eigenvalue weighted by Gasteiger charge is 2.05. The van der Waals surface area contributed by atoms with Gasteiger partial charge in [-0.2, -0.15) is 0 Å². The van der Waals surface area contributed by atoms with Crippen LogP contribution in [0.5, 0.6) is 5.75 Å². The number of carboxylic acids is 1. The molecule has 1 aromatic rings. The van der Waals surface area contributed by atoms with Crippen LogP contribution in [0.1, 0.15) is 10.4 Å². The smallest absolute Gasteiger partial charge is 0.335 e. The van der Waals surface area contributed by atoms with Crippen LogP contribution in [-0.2, 0) is 4.79 Å². The van der Waals surface area contributed by atoms with Gasteiger partial charge < -0.3 is 15.6 Å². The van der Waals surface area contributed by atoms with Crippen LogP contribution in [0.4, 0.5) is 0 Å². The number of benzene rings is 1. The summed E-state index contributed by atoms with van der Waals surface area (Å²) in [6.07, 6.45) is 0. The highest BCUT2D eigenvalue weighted by atomic mass is 16.5. The fourth-order valence-electron chi connectivity index (χ4n) is 1.38. The Balaban J connectivity index is 2.41. The average Bonchev–Trinajstić information content (AvgIpc) is 2.28. The Kier molecular flexibility index (Phi) is 5.13. The van der Waals surface area contributed by atoms with Crippen molar-refractivity contribution in [3.05, 3.63) is 29.8 Å². The number of nitrogens with zero attached hydrogens (tertiary/aromatic N) is 1. The maximum atomic E-state index is 10.7. The summed E-state index contributed by atoms with van der Waals surface area (Å²) < 4.78 is 5.39. The number of aromatic carboxylic acids is 1. The van der Waals surface area contributed by atoms with Crippen molar-refractivity contribution in [3.63, 3.8) is 0 Å². The van der Waals surface area contributed by atoms with E-state index in [0.29, 0.717) is 18.9 Å². The molecule has 0 fully saturated rings. The van der Waals surface area contributed by atoms with Gasteiger partial charge in [0.2, 0.25) is 5.91 Å². The van der Waals surface area contributed by atoms with E-state index in [4.69, 9.17) is 15.6 Å². The molecule has 98 valence electrons. The first-order chi connectivity index (χ1) is 8.49. The monoisotopic (exact) mass is 252 g/mol. The van der Waals surface area contributed by atoms with Crippen molar-refractivity contribution in [3.8, 4) is 5.75 Å². The third-order valence-electron chi connectivity index (χ3n) is 2.25. The van der Waals surface area contributed by atoms with Gasteiger partial charge in [-0.3, -0.25) is 9.69 Å². The van der Waals surface area contributed by atoms with Gasteiger partial charge in [0.15, 0.2) is 0 Å². The summed E-state index contributed by atoms with van der Waals surface area (Å²) in [5, 5.41) is 8.81. The molecule has 0 atom stereocenters. The minimum absolute atomic E-state index is 0.165. The van der Waals surface area contributed by atoms with Crippen LogP contribution in [0.3, 0.4) is 0 Å². The molecule has 3 N–H and O–H groups in total. The number of likely N-dealkylation sites (N-methyl/N-ethyl adjacent to an activating group) is 1. The van der Waals surface area contributed by atoms with Gasteiger partial charge >= 0.3 is 5.97 Å². The number of carbonyl (C=O) groups excluding carboxylic acids is 1. The molecule has 0 aliphatic heterocycles. The van der Waals surface area contributed by atoms with E-state index in [-0.39, 0.29) is 12.1 Å². The number of carboxylic acid groups (broad SMARTS) is 1. The molecule has 0 unspecified atom stereocenters. The first-order valence-corrected chi connectivity index (χ1v) is 5.42. The molecule has 0 saturated heterocycles. The van der Waals surface area contributed by atoms with Crippen LogP contribution in [0.2, 0.25) is 0 Å². The molecule has 1 rings (SSSR count). The van der Waals surface area contributed by atoms with Gasteiger partial charge in [-0.1, -0.05) is 6.07 Å². The van der Waals surface area contributed by atoms with E-state index in [1.165, 1.54) is 12.1 Å². The second kappa shape index (κ2) is 6.61. The lowest BCUT2D eigenvalue weighted by Crippen LogP contribution is -2.33. The summed E-state index contributed by atoms with van der Waals surface area (Å²) in [6, 6.07) is 6.25. The Morgan fingerprint density at radius 1 is 1.44 bits per heavy atom. The number of amides is 1. The molecule has 18 heavy (non-hydrogen) atoms. The largest absolute Gasteiger partial charge is 0.492 e. The molecule has 1 aromatic carbocycles. The molecule has 0 radical (unpaired) electrons. The summed E-state index contributed by atoms with van der Waals surface area (Å²) in [6.45, 7) is 1.05. The molecule has 0 saturated carbocycles. The molecule has 0 heterocycles. The first-order valence-electron chi connectivity index (χ1n) is 5.42. The molecule has 0 bridgehead atoms. The van der Waals surface area contributed by atoms with Crippen LogP contribution in [-0.4, -0.2) is 48.6 Å². The summed E-state index contributed by atoms with van der Waals surface area (Å²) >= 11 is 0. The van der Waals surface area contributed by atoms with E-state index < -0.39 is 11.9 Å². The van der Waals surface area contributed by atoms with Crippen LogP contribution in [0.15, 0.2) is 24.3 Å². The van der Waals surface area contributed by atoms with Crippen molar-refractivity contribution in [1.29, 1.82) is 0 Å². The fourth-order valence-corrected chi connectivity index (χ4v) is 1.38. The Morgan fingerprint density at radius 2 is 2.17 bits per heavy atom. The van der Waals surface area contributed by atoms with Gasteiger partial charge in [-0.25, -0.2) is 4.79 Å². The van der Waals surface area contributed by atoms with E-state index in [0.717, 1.165) is 0 Å². The minimum Gasteiger partial charge on any atom is -0.492 e. The van der Waals surface area contributed by atoms with Gasteiger partial charge in [-0.15, -0.1) is 0 Å². The van der Waals surface area contributed by atoms with Gasteiger partial charge in [0.05, 0.1) is 12.1 Å². The van der Waals surface area contributed by atoms with Gasteiger partial charge in [0.25, 0.3) is 0 Å². The molecule has 0 aliphatic carbocycles. The number of carbonyl (C=O) groups is 2.